The zero-order valence-corrected chi connectivity index (χ0v) is 13.9. The van der Waals surface area contributed by atoms with Gasteiger partial charge in [-0.15, -0.1) is 0 Å². The Bertz CT molecular complexity index is 762. The number of anilines is 1. The van der Waals surface area contributed by atoms with E-state index in [1.165, 1.54) is 6.20 Å². The largest absolute Gasteiger partial charge is 0.462 e. The summed E-state index contributed by atoms with van der Waals surface area (Å²) in [7, 11) is 0. The van der Waals surface area contributed by atoms with Gasteiger partial charge in [0.15, 0.2) is 0 Å². The number of ether oxygens (including phenoxy) is 1. The topological polar surface area (TPSA) is 84.1 Å². The van der Waals surface area contributed by atoms with Crippen molar-refractivity contribution in [1.29, 1.82) is 0 Å². The lowest BCUT2D eigenvalue weighted by molar-refractivity contribution is 0.0524. The van der Waals surface area contributed by atoms with Crippen LogP contribution in [0.2, 0.25) is 10.0 Å². The molecule has 0 fully saturated rings. The van der Waals surface area contributed by atoms with Crippen molar-refractivity contribution in [3.63, 3.8) is 0 Å². The van der Waals surface area contributed by atoms with E-state index in [9.17, 15) is 9.59 Å². The summed E-state index contributed by atoms with van der Waals surface area (Å²) in [4.78, 5) is 29.8. The molecule has 2 rings (SSSR count). The third-order valence-electron chi connectivity index (χ3n) is 2.98. The van der Waals surface area contributed by atoms with E-state index in [1.54, 1.807) is 19.1 Å². The molecule has 2 aromatic rings. The predicted octanol–water partition coefficient (Wildman–Crippen LogP) is 2.91. The first-order valence-corrected chi connectivity index (χ1v) is 7.71. The van der Waals surface area contributed by atoms with E-state index in [4.69, 9.17) is 27.9 Å². The third-order valence-corrected chi connectivity index (χ3v) is 3.72. The van der Waals surface area contributed by atoms with Crippen LogP contribution in [0.5, 0.6) is 0 Å². The van der Waals surface area contributed by atoms with Gasteiger partial charge in [-0.05, 0) is 31.0 Å². The number of esters is 1. The number of hydrogen-bond donors (Lipinski definition) is 2. The Morgan fingerprint density at radius 2 is 2.13 bits per heavy atom. The van der Waals surface area contributed by atoms with E-state index in [0.717, 1.165) is 5.56 Å². The second kappa shape index (κ2) is 7.99. The summed E-state index contributed by atoms with van der Waals surface area (Å²) in [5.41, 5.74) is 0.328. The zero-order chi connectivity index (χ0) is 16.8. The summed E-state index contributed by atoms with van der Waals surface area (Å²) < 4.78 is 4.77. The number of hydrogen-bond acceptors (Lipinski definition) is 5. The van der Waals surface area contributed by atoms with E-state index in [1.807, 2.05) is 6.07 Å². The molecular formula is C15H15Cl2N3O3. The zero-order valence-electron chi connectivity index (χ0n) is 12.4. The number of carbonyl (C=O) groups excluding carboxylic acids is 1. The molecule has 122 valence electrons. The lowest BCUT2D eigenvalue weighted by atomic mass is 10.1. The van der Waals surface area contributed by atoms with Gasteiger partial charge in [0.2, 0.25) is 5.95 Å². The van der Waals surface area contributed by atoms with Crippen LogP contribution in [0, 0.1) is 0 Å². The SMILES string of the molecule is CCOC(=O)c1cnc(NCCc2ccc(Cl)c(Cl)c2)[nH]c1=O. The van der Waals surface area contributed by atoms with Crippen molar-refractivity contribution in [3.05, 3.63) is 55.9 Å². The molecule has 1 aromatic carbocycles. The Kier molecular flexibility index (Phi) is 6.01. The number of carbonyl (C=O) groups is 1. The highest BCUT2D eigenvalue weighted by atomic mass is 35.5. The smallest absolute Gasteiger partial charge is 0.345 e. The molecule has 1 heterocycles. The average molecular weight is 356 g/mol. The first kappa shape index (κ1) is 17.3. The van der Waals surface area contributed by atoms with Crippen LogP contribution in [0.25, 0.3) is 0 Å². The lowest BCUT2D eigenvalue weighted by Crippen LogP contribution is -2.22. The molecule has 1 aromatic heterocycles. The van der Waals surface area contributed by atoms with Gasteiger partial charge in [0, 0.05) is 6.54 Å². The average Bonchev–Trinajstić information content (AvgIpc) is 2.51. The van der Waals surface area contributed by atoms with E-state index >= 15 is 0 Å². The van der Waals surface area contributed by atoms with Gasteiger partial charge < -0.3 is 10.1 Å². The van der Waals surface area contributed by atoms with Crippen molar-refractivity contribution in [2.75, 3.05) is 18.5 Å². The maximum atomic E-state index is 11.8. The molecule has 0 spiro atoms. The van der Waals surface area contributed by atoms with Crippen molar-refractivity contribution in [2.45, 2.75) is 13.3 Å². The van der Waals surface area contributed by atoms with Gasteiger partial charge in [-0.1, -0.05) is 29.3 Å². The summed E-state index contributed by atoms with van der Waals surface area (Å²) in [5.74, 6) is -0.410. The molecule has 0 amide bonds. The van der Waals surface area contributed by atoms with Gasteiger partial charge in [0.05, 0.1) is 22.8 Å². The number of H-pyrrole nitrogens is 1. The Labute approximate surface area is 142 Å². The fourth-order valence-corrected chi connectivity index (χ4v) is 2.18. The summed E-state index contributed by atoms with van der Waals surface area (Å²) in [6.07, 6.45) is 1.86. The predicted molar refractivity (Wildman–Crippen MR) is 89.5 cm³/mol. The quantitative estimate of drug-likeness (QED) is 0.778. The molecule has 0 radical (unpaired) electrons. The van der Waals surface area contributed by atoms with Crippen LogP contribution < -0.4 is 10.9 Å². The molecule has 23 heavy (non-hydrogen) atoms. The highest BCUT2D eigenvalue weighted by Crippen LogP contribution is 2.22. The fourth-order valence-electron chi connectivity index (χ4n) is 1.86. The number of nitrogens with zero attached hydrogens (tertiary/aromatic N) is 1. The van der Waals surface area contributed by atoms with Gasteiger partial charge in [-0.2, -0.15) is 0 Å². The molecule has 0 saturated carbocycles. The highest BCUT2D eigenvalue weighted by Gasteiger charge is 2.12. The standard InChI is InChI=1S/C15H15Cl2N3O3/c1-2-23-14(22)10-8-19-15(20-13(10)21)18-6-5-9-3-4-11(16)12(17)7-9/h3-4,7-8H,2,5-6H2,1H3,(H2,18,19,20,21). The van der Waals surface area contributed by atoms with Gasteiger partial charge >= 0.3 is 5.97 Å². The molecule has 0 atom stereocenters. The summed E-state index contributed by atoms with van der Waals surface area (Å²) in [6.45, 7) is 2.39. The molecule has 0 saturated heterocycles. The minimum Gasteiger partial charge on any atom is -0.462 e. The molecule has 0 aliphatic rings. The normalized spacial score (nSPS) is 10.4. The molecule has 0 bridgehead atoms. The first-order valence-electron chi connectivity index (χ1n) is 6.95. The molecule has 0 unspecified atom stereocenters. The molecule has 0 aliphatic carbocycles. The Balaban J connectivity index is 1.96. The van der Waals surface area contributed by atoms with Crippen LogP contribution in [-0.4, -0.2) is 29.1 Å². The minimum atomic E-state index is -0.691. The summed E-state index contributed by atoms with van der Waals surface area (Å²) >= 11 is 11.8. The minimum absolute atomic E-state index is 0.123. The number of aromatic amines is 1. The lowest BCUT2D eigenvalue weighted by Gasteiger charge is -2.07. The molecule has 2 N–H and O–H groups in total. The summed E-state index contributed by atoms with van der Waals surface area (Å²) in [5, 5.41) is 3.97. The Morgan fingerprint density at radius 1 is 1.35 bits per heavy atom. The highest BCUT2D eigenvalue weighted by molar-refractivity contribution is 6.42. The van der Waals surface area contributed by atoms with Crippen LogP contribution in [0.1, 0.15) is 22.8 Å². The maximum absolute atomic E-state index is 11.8. The summed E-state index contributed by atoms with van der Waals surface area (Å²) in [6, 6.07) is 5.38. The van der Waals surface area contributed by atoms with E-state index < -0.39 is 11.5 Å². The van der Waals surface area contributed by atoms with Crippen LogP contribution >= 0.6 is 23.2 Å². The number of nitrogens with one attached hydrogen (secondary N) is 2. The van der Waals surface area contributed by atoms with Crippen LogP contribution in [0.3, 0.4) is 0 Å². The van der Waals surface area contributed by atoms with Gasteiger partial charge in [-0.3, -0.25) is 9.78 Å². The second-order valence-electron chi connectivity index (χ2n) is 4.62. The molecule has 6 nitrogen and oxygen atoms in total. The molecular weight excluding hydrogens is 341 g/mol. The van der Waals surface area contributed by atoms with E-state index in [0.29, 0.717) is 23.0 Å². The van der Waals surface area contributed by atoms with Crippen molar-refractivity contribution in [3.8, 4) is 0 Å². The fraction of sp³-hybridized carbons (Fsp3) is 0.267. The van der Waals surface area contributed by atoms with Gasteiger partial charge in [0.25, 0.3) is 5.56 Å². The van der Waals surface area contributed by atoms with Crippen molar-refractivity contribution in [2.24, 2.45) is 0 Å². The van der Waals surface area contributed by atoms with Crippen LogP contribution in [-0.2, 0) is 11.2 Å². The van der Waals surface area contributed by atoms with Crippen molar-refractivity contribution < 1.29 is 9.53 Å². The van der Waals surface area contributed by atoms with Gasteiger partial charge in [-0.25, -0.2) is 9.78 Å². The number of halogens is 2. The molecule has 8 heteroatoms. The van der Waals surface area contributed by atoms with Crippen molar-refractivity contribution >= 4 is 35.1 Å². The number of rotatable bonds is 6. The first-order chi connectivity index (χ1) is 11.0. The van der Waals surface area contributed by atoms with Crippen molar-refractivity contribution in [1.82, 2.24) is 9.97 Å². The van der Waals surface area contributed by atoms with Gasteiger partial charge in [0.1, 0.15) is 5.56 Å². The Morgan fingerprint density at radius 3 is 2.78 bits per heavy atom. The van der Waals surface area contributed by atoms with Crippen LogP contribution in [0.4, 0.5) is 5.95 Å². The van der Waals surface area contributed by atoms with E-state index in [2.05, 4.69) is 15.3 Å². The molecule has 0 aliphatic heterocycles. The maximum Gasteiger partial charge on any atom is 0.345 e. The Hall–Kier alpha value is -2.05. The number of aromatic nitrogens is 2. The number of benzene rings is 1. The van der Waals surface area contributed by atoms with E-state index in [-0.39, 0.29) is 18.1 Å². The monoisotopic (exact) mass is 355 g/mol. The second-order valence-corrected chi connectivity index (χ2v) is 5.43. The van der Waals surface area contributed by atoms with Crippen LogP contribution in [0.15, 0.2) is 29.2 Å². The third kappa shape index (κ3) is 4.71.